The fourth-order valence-corrected chi connectivity index (χ4v) is 3.38. The second-order valence-corrected chi connectivity index (χ2v) is 6.89. The van der Waals surface area contributed by atoms with Gasteiger partial charge in [0.15, 0.2) is 5.96 Å². The van der Waals surface area contributed by atoms with E-state index in [0.717, 1.165) is 56.9 Å². The lowest BCUT2D eigenvalue weighted by Gasteiger charge is -2.35. The predicted octanol–water partition coefficient (Wildman–Crippen LogP) is 2.95. The molecule has 0 bridgehead atoms. The molecule has 0 amide bonds. The van der Waals surface area contributed by atoms with Gasteiger partial charge in [-0.05, 0) is 51.0 Å². The van der Waals surface area contributed by atoms with E-state index in [9.17, 15) is 0 Å². The van der Waals surface area contributed by atoms with Crippen LogP contribution in [0.4, 0.5) is 0 Å². The van der Waals surface area contributed by atoms with E-state index in [2.05, 4.69) is 34.4 Å². The molecule has 1 aliphatic heterocycles. The zero-order chi connectivity index (χ0) is 16.9. The molecule has 0 aromatic heterocycles. The maximum Gasteiger partial charge on any atom is 0.190 e. The maximum absolute atomic E-state index is 5.34. The number of hydrogen-bond acceptors (Lipinski definition) is 3. The Balaban J connectivity index is 0.00000529. The highest BCUT2D eigenvalue weighted by atomic mass is 127. The highest BCUT2D eigenvalue weighted by Crippen LogP contribution is 2.20. The zero-order valence-corrected chi connectivity index (χ0v) is 18.5. The van der Waals surface area contributed by atoms with Crippen molar-refractivity contribution in [2.45, 2.75) is 46.5 Å². The normalized spacial score (nSPS) is 22.1. The van der Waals surface area contributed by atoms with E-state index < -0.39 is 0 Å². The molecule has 2 atom stereocenters. The number of ether oxygens (including phenoxy) is 1. The molecule has 144 valence electrons. The summed E-state index contributed by atoms with van der Waals surface area (Å²) in [6.45, 7) is 14.1. The zero-order valence-electron chi connectivity index (χ0n) is 16.1. The summed E-state index contributed by atoms with van der Waals surface area (Å²) < 4.78 is 5.34. The molecule has 1 aliphatic rings. The van der Waals surface area contributed by atoms with Crippen LogP contribution in [0.1, 0.15) is 46.5 Å². The van der Waals surface area contributed by atoms with Gasteiger partial charge in [0.25, 0.3) is 0 Å². The molecular weight excluding hydrogens is 415 g/mol. The van der Waals surface area contributed by atoms with E-state index in [0.29, 0.717) is 0 Å². The van der Waals surface area contributed by atoms with Gasteiger partial charge >= 0.3 is 0 Å². The van der Waals surface area contributed by atoms with Crippen molar-refractivity contribution < 1.29 is 4.74 Å². The Bertz CT molecular complexity index is 318. The lowest BCUT2D eigenvalue weighted by molar-refractivity contribution is 0.140. The number of likely N-dealkylation sites (tertiary alicyclic amines) is 1. The second-order valence-electron chi connectivity index (χ2n) is 6.89. The first-order chi connectivity index (χ1) is 11.2. The Kier molecular flexibility index (Phi) is 15.1. The number of nitrogens with zero attached hydrogens (tertiary/aromatic N) is 2. The monoisotopic (exact) mass is 454 g/mol. The number of nitrogens with one attached hydrogen (secondary N) is 2. The van der Waals surface area contributed by atoms with Crippen molar-refractivity contribution >= 4 is 29.9 Å². The first kappa shape index (κ1) is 23.9. The van der Waals surface area contributed by atoms with E-state index in [1.54, 1.807) is 0 Å². The highest BCUT2D eigenvalue weighted by molar-refractivity contribution is 14.0. The van der Waals surface area contributed by atoms with Crippen LogP contribution in [0.5, 0.6) is 0 Å². The first-order valence-electron chi connectivity index (χ1n) is 9.40. The number of unbranched alkanes of at least 4 members (excludes halogenated alkanes) is 1. The molecule has 2 unspecified atom stereocenters. The molecule has 6 heteroatoms. The van der Waals surface area contributed by atoms with Gasteiger partial charge in [-0.15, -0.1) is 24.0 Å². The molecule has 2 N–H and O–H groups in total. The van der Waals surface area contributed by atoms with Gasteiger partial charge in [-0.2, -0.15) is 0 Å². The van der Waals surface area contributed by atoms with Gasteiger partial charge in [0, 0.05) is 46.4 Å². The fourth-order valence-electron chi connectivity index (χ4n) is 3.38. The topological polar surface area (TPSA) is 48.9 Å². The molecule has 0 aromatic carbocycles. The van der Waals surface area contributed by atoms with Gasteiger partial charge in [0.2, 0.25) is 0 Å². The summed E-state index contributed by atoms with van der Waals surface area (Å²) in [6, 6.07) is 0. The summed E-state index contributed by atoms with van der Waals surface area (Å²) in [5.74, 6) is 2.61. The first-order valence-corrected chi connectivity index (χ1v) is 9.40. The van der Waals surface area contributed by atoms with Crippen LogP contribution in [0.15, 0.2) is 4.99 Å². The molecule has 1 saturated heterocycles. The van der Waals surface area contributed by atoms with Crippen LogP contribution in [0.25, 0.3) is 0 Å². The minimum Gasteiger partial charge on any atom is -0.382 e. The van der Waals surface area contributed by atoms with E-state index in [1.807, 2.05) is 14.0 Å². The van der Waals surface area contributed by atoms with Gasteiger partial charge in [-0.3, -0.25) is 4.99 Å². The van der Waals surface area contributed by atoms with Gasteiger partial charge in [-0.25, -0.2) is 0 Å². The summed E-state index contributed by atoms with van der Waals surface area (Å²) in [5.41, 5.74) is 0. The van der Waals surface area contributed by atoms with E-state index in [1.165, 1.54) is 32.5 Å². The van der Waals surface area contributed by atoms with Gasteiger partial charge in [0.05, 0.1) is 0 Å². The molecule has 0 radical (unpaired) electrons. The summed E-state index contributed by atoms with van der Waals surface area (Å²) in [4.78, 5) is 6.90. The minimum atomic E-state index is 0. The summed E-state index contributed by atoms with van der Waals surface area (Å²) in [6.07, 6.45) is 4.77. The number of rotatable bonds is 10. The number of hydrogen-bond donors (Lipinski definition) is 2. The summed E-state index contributed by atoms with van der Waals surface area (Å²) in [5, 5.41) is 6.78. The van der Waals surface area contributed by atoms with Crippen molar-refractivity contribution in [1.82, 2.24) is 15.5 Å². The smallest absolute Gasteiger partial charge is 0.190 e. The quantitative estimate of drug-likeness (QED) is 0.231. The molecule has 0 spiro atoms. The van der Waals surface area contributed by atoms with Gasteiger partial charge in [0.1, 0.15) is 0 Å². The minimum absolute atomic E-state index is 0. The Hall–Kier alpha value is -0.0800. The average Bonchev–Trinajstić information content (AvgIpc) is 2.51. The number of halogens is 1. The molecule has 24 heavy (non-hydrogen) atoms. The molecule has 0 aliphatic carbocycles. The Morgan fingerprint density at radius 2 is 1.71 bits per heavy atom. The molecular formula is C18H39IN4O. The maximum atomic E-state index is 5.34. The summed E-state index contributed by atoms with van der Waals surface area (Å²) in [7, 11) is 1.84. The number of piperidine rings is 1. The molecule has 0 saturated carbocycles. The van der Waals surface area contributed by atoms with Crippen molar-refractivity contribution in [2.75, 3.05) is 53.0 Å². The molecule has 1 fully saturated rings. The molecule has 5 nitrogen and oxygen atoms in total. The third kappa shape index (κ3) is 11.5. The summed E-state index contributed by atoms with van der Waals surface area (Å²) >= 11 is 0. The van der Waals surface area contributed by atoms with Crippen LogP contribution in [-0.2, 0) is 4.74 Å². The van der Waals surface area contributed by atoms with E-state index >= 15 is 0 Å². The Morgan fingerprint density at radius 1 is 1.08 bits per heavy atom. The number of guanidine groups is 1. The number of aliphatic imine (C=N–C) groups is 1. The van der Waals surface area contributed by atoms with Crippen LogP contribution in [0.2, 0.25) is 0 Å². The van der Waals surface area contributed by atoms with Crippen LogP contribution in [0.3, 0.4) is 0 Å². The van der Waals surface area contributed by atoms with Gasteiger partial charge < -0.3 is 20.3 Å². The lowest BCUT2D eigenvalue weighted by atomic mass is 9.92. The van der Waals surface area contributed by atoms with Crippen LogP contribution < -0.4 is 10.6 Å². The molecule has 1 heterocycles. The molecule has 1 rings (SSSR count). The predicted molar refractivity (Wildman–Crippen MR) is 115 cm³/mol. The molecule has 0 aromatic rings. The van der Waals surface area contributed by atoms with Crippen molar-refractivity contribution in [3.8, 4) is 0 Å². The highest BCUT2D eigenvalue weighted by Gasteiger charge is 2.20. The van der Waals surface area contributed by atoms with Crippen LogP contribution in [0, 0.1) is 11.8 Å². The Labute approximate surface area is 166 Å². The largest absolute Gasteiger partial charge is 0.382 e. The SMILES string of the molecule is CCOCCCCNC(=NC)NCCCN1CC(C)CC(C)C1.I. The van der Waals surface area contributed by atoms with Crippen molar-refractivity contribution in [2.24, 2.45) is 16.8 Å². The Morgan fingerprint density at radius 3 is 2.29 bits per heavy atom. The van der Waals surface area contributed by atoms with Crippen molar-refractivity contribution in [1.29, 1.82) is 0 Å². The lowest BCUT2D eigenvalue weighted by Crippen LogP contribution is -2.41. The third-order valence-corrected chi connectivity index (χ3v) is 4.32. The standard InChI is InChI=1S/C18H38N4O.HI/c1-5-23-12-7-6-9-20-18(19-4)21-10-8-11-22-14-16(2)13-17(3)15-22;/h16-17H,5-15H2,1-4H3,(H2,19,20,21);1H. The average molecular weight is 454 g/mol. The van der Waals surface area contributed by atoms with Crippen molar-refractivity contribution in [3.05, 3.63) is 0 Å². The van der Waals surface area contributed by atoms with Crippen molar-refractivity contribution in [3.63, 3.8) is 0 Å². The van der Waals surface area contributed by atoms with E-state index in [4.69, 9.17) is 4.74 Å². The third-order valence-electron chi connectivity index (χ3n) is 4.32. The fraction of sp³-hybridized carbons (Fsp3) is 0.944. The van der Waals surface area contributed by atoms with Crippen LogP contribution >= 0.6 is 24.0 Å². The van der Waals surface area contributed by atoms with Crippen LogP contribution in [-0.4, -0.2) is 63.8 Å². The van der Waals surface area contributed by atoms with E-state index in [-0.39, 0.29) is 24.0 Å². The second kappa shape index (κ2) is 15.2. The van der Waals surface area contributed by atoms with Gasteiger partial charge in [-0.1, -0.05) is 13.8 Å².